The van der Waals surface area contributed by atoms with E-state index < -0.39 is 11.9 Å². The van der Waals surface area contributed by atoms with Crippen molar-refractivity contribution >= 4 is 68.9 Å². The molecule has 4 aromatic rings. The number of fused-ring (bicyclic) bond motifs is 2. The fourth-order valence-electron chi connectivity index (χ4n) is 6.90. The summed E-state index contributed by atoms with van der Waals surface area (Å²) in [5.41, 5.74) is 3.81. The van der Waals surface area contributed by atoms with Gasteiger partial charge in [0.15, 0.2) is 21.5 Å². The number of carboxylic acid groups (broad SMARTS) is 2. The van der Waals surface area contributed by atoms with Crippen LogP contribution in [-0.4, -0.2) is 200 Å². The number of thiocarbonyl (C=S) groups is 2. The second-order valence-corrected chi connectivity index (χ2v) is 15.1. The van der Waals surface area contributed by atoms with Crippen LogP contribution in [0.1, 0.15) is 25.5 Å². The topological polar surface area (TPSA) is 216 Å². The first-order valence-corrected chi connectivity index (χ1v) is 21.9. The predicted molar refractivity (Wildman–Crippen MR) is 246 cm³/mol. The first-order chi connectivity index (χ1) is 30.1. The molecule has 6 N–H and O–H groups in total. The van der Waals surface area contributed by atoms with E-state index in [2.05, 4.69) is 60.0 Å². The van der Waals surface area contributed by atoms with Gasteiger partial charge >= 0.3 is 11.9 Å². The van der Waals surface area contributed by atoms with E-state index in [0.29, 0.717) is 23.4 Å². The number of nitrogens with zero attached hydrogens (tertiary/aromatic N) is 10. The molecule has 342 valence electrons. The molecular formula is C40H64N14O6S2. The molecule has 0 atom stereocenters. The van der Waals surface area contributed by atoms with Crippen LogP contribution in [0.5, 0.6) is 0 Å². The van der Waals surface area contributed by atoms with E-state index in [1.165, 1.54) is 0 Å². The lowest BCUT2D eigenvalue weighted by molar-refractivity contribution is -0.159. The Bertz CT molecular complexity index is 1840. The lowest BCUT2D eigenvalue weighted by atomic mass is 10.3. The summed E-state index contributed by atoms with van der Waals surface area (Å²) in [4.78, 5) is 46.8. The fourth-order valence-corrected chi connectivity index (χ4v) is 7.10. The molecule has 6 heterocycles. The predicted octanol–water partition coefficient (Wildman–Crippen LogP) is 0.514. The Kier molecular flexibility index (Phi) is 22.1. The Morgan fingerprint density at radius 3 is 1.34 bits per heavy atom. The molecule has 2 fully saturated rings. The van der Waals surface area contributed by atoms with Crippen LogP contribution in [0.15, 0.2) is 36.7 Å². The minimum absolute atomic E-state index is 0.681. The number of piperazine rings is 2. The molecule has 0 aliphatic carbocycles. The monoisotopic (exact) mass is 900 g/mol. The summed E-state index contributed by atoms with van der Waals surface area (Å²) in [7, 11) is 3.68. The first-order valence-electron chi connectivity index (χ1n) is 21.1. The van der Waals surface area contributed by atoms with Crippen molar-refractivity contribution in [2.24, 2.45) is 0 Å². The molecule has 4 aromatic heterocycles. The average Bonchev–Trinajstić information content (AvgIpc) is 3.81. The molecule has 22 heteroatoms. The van der Waals surface area contributed by atoms with E-state index >= 15 is 0 Å². The molecule has 2 aliphatic heterocycles. The summed E-state index contributed by atoms with van der Waals surface area (Å²) in [6, 6.07) is 7.95. The van der Waals surface area contributed by atoms with Gasteiger partial charge in [-0.3, -0.25) is 19.6 Å². The van der Waals surface area contributed by atoms with Crippen LogP contribution in [0.3, 0.4) is 0 Å². The van der Waals surface area contributed by atoms with E-state index in [1.54, 1.807) is 0 Å². The summed E-state index contributed by atoms with van der Waals surface area (Å²) in [5, 5.41) is 28.5. The van der Waals surface area contributed by atoms with Crippen LogP contribution in [0.2, 0.25) is 0 Å². The van der Waals surface area contributed by atoms with E-state index in [4.69, 9.17) is 63.7 Å². The maximum Gasteiger partial charge on any atom is 0.414 e. The van der Waals surface area contributed by atoms with Crippen LogP contribution in [0.4, 0.5) is 0 Å². The Hall–Kier alpha value is -4.68. The molecule has 62 heavy (non-hydrogen) atoms. The quantitative estimate of drug-likeness (QED) is 0.0456. The van der Waals surface area contributed by atoms with Crippen LogP contribution in [0, 0.1) is 0 Å². The van der Waals surface area contributed by atoms with Crippen molar-refractivity contribution in [1.82, 2.24) is 69.9 Å². The van der Waals surface area contributed by atoms with Gasteiger partial charge in [-0.2, -0.15) is 0 Å². The number of carboxylic acids is 2. The highest BCUT2D eigenvalue weighted by atomic mass is 32.1. The van der Waals surface area contributed by atoms with E-state index in [9.17, 15) is 0 Å². The van der Waals surface area contributed by atoms with Gasteiger partial charge in [0.05, 0.1) is 26.3 Å². The molecule has 6 rings (SSSR count). The highest BCUT2D eigenvalue weighted by Crippen LogP contribution is 2.18. The van der Waals surface area contributed by atoms with Crippen LogP contribution in [-0.2, 0) is 45.2 Å². The van der Waals surface area contributed by atoms with Crippen molar-refractivity contribution in [3.8, 4) is 0 Å². The molecule has 0 saturated carbocycles. The van der Waals surface area contributed by atoms with Gasteiger partial charge in [0.25, 0.3) is 0 Å². The van der Waals surface area contributed by atoms with E-state index in [0.717, 1.165) is 152 Å². The van der Waals surface area contributed by atoms with Gasteiger partial charge in [-0.1, -0.05) is 0 Å². The molecular weight excluding hydrogens is 837 g/mol. The molecule has 0 radical (unpaired) electrons. The van der Waals surface area contributed by atoms with E-state index in [-0.39, 0.29) is 0 Å². The number of imidazole rings is 2. The minimum atomic E-state index is -1.82. The van der Waals surface area contributed by atoms with Gasteiger partial charge in [0.2, 0.25) is 0 Å². The Balaban J connectivity index is 0.000000241. The van der Waals surface area contributed by atoms with Crippen LogP contribution in [0.25, 0.3) is 22.3 Å². The minimum Gasteiger partial charge on any atom is -0.473 e. The third-order valence-electron chi connectivity index (χ3n) is 10.2. The summed E-state index contributed by atoms with van der Waals surface area (Å²) in [6.07, 6.45) is 3.66. The summed E-state index contributed by atoms with van der Waals surface area (Å²) < 4.78 is 15.5. The summed E-state index contributed by atoms with van der Waals surface area (Å²) >= 11 is 10.2. The maximum absolute atomic E-state index is 9.10. The molecule has 2 aliphatic rings. The van der Waals surface area contributed by atoms with Crippen molar-refractivity contribution in [2.45, 2.75) is 40.0 Å². The number of nitrogens with one attached hydrogen (secondary N) is 4. The smallest absolute Gasteiger partial charge is 0.414 e. The Labute approximate surface area is 374 Å². The summed E-state index contributed by atoms with van der Waals surface area (Å²) in [5.74, 6) is -1.50. The number of rotatable bonds is 18. The second-order valence-electron chi connectivity index (χ2n) is 14.3. The number of aromatic nitrogens is 6. The van der Waals surface area contributed by atoms with Gasteiger partial charge in [-0.15, -0.1) is 0 Å². The zero-order chi connectivity index (χ0) is 44.7. The fraction of sp³-hybridized carbons (Fsp3) is 0.600. The highest BCUT2D eigenvalue weighted by molar-refractivity contribution is 7.80. The first kappa shape index (κ1) is 50.0. The van der Waals surface area contributed by atoms with Gasteiger partial charge in [-0.05, 0) is 62.5 Å². The van der Waals surface area contributed by atoms with E-state index in [1.807, 2.05) is 64.6 Å². The highest BCUT2D eigenvalue weighted by Gasteiger charge is 2.22. The second kappa shape index (κ2) is 27.4. The number of ether oxygens (including phenoxy) is 2. The van der Waals surface area contributed by atoms with Gasteiger partial charge in [0.1, 0.15) is 22.7 Å². The Morgan fingerprint density at radius 1 is 0.629 bits per heavy atom. The molecule has 0 spiro atoms. The molecule has 0 unspecified atom stereocenters. The normalized spacial score (nSPS) is 15.0. The number of aliphatic carboxylic acids is 2. The zero-order valence-electron chi connectivity index (χ0n) is 36.4. The maximum atomic E-state index is 9.10. The zero-order valence-corrected chi connectivity index (χ0v) is 38.1. The SMILES string of the molecule is CCOCCn1c(CN2CCN(CCNC(=S)NC)CC2)nc2cccnc21.CCOCCn1c(CN2CCN(CCNC(=S)NC)CC2)nc2cccnc21.O=C(O)C(=O)O. The van der Waals surface area contributed by atoms with Crippen LogP contribution >= 0.6 is 24.4 Å². The molecule has 2 saturated heterocycles. The summed E-state index contributed by atoms with van der Waals surface area (Å²) in [6.45, 7) is 22.3. The molecule has 0 amide bonds. The largest absolute Gasteiger partial charge is 0.473 e. The standard InChI is InChI=1S/2C19H31N7OS.C2H2O4/c2*1-3-27-14-13-26-17(23-16-5-4-6-21-18(16)26)15-25-11-9-24(10-12-25)8-7-22-19(28)20-2;3-1(4)2(5)6/h2*4-6H,3,7-15H2,1-2H3,(H2,20,22,28);(H,3,4)(H,5,6). The van der Waals surface area contributed by atoms with Crippen LogP contribution < -0.4 is 21.3 Å². The number of carbonyl (C=O) groups is 2. The van der Waals surface area contributed by atoms with Crippen molar-refractivity contribution < 1.29 is 29.3 Å². The van der Waals surface area contributed by atoms with Crippen molar-refractivity contribution in [3.63, 3.8) is 0 Å². The van der Waals surface area contributed by atoms with Gasteiger partial charge in [-0.25, -0.2) is 29.5 Å². The van der Waals surface area contributed by atoms with Gasteiger partial charge < -0.3 is 50.1 Å². The van der Waals surface area contributed by atoms with Crippen molar-refractivity contribution in [2.75, 3.05) is 119 Å². The third-order valence-corrected chi connectivity index (χ3v) is 10.9. The van der Waals surface area contributed by atoms with Gasteiger partial charge in [0, 0.05) is 131 Å². The van der Waals surface area contributed by atoms with Crippen molar-refractivity contribution in [1.29, 1.82) is 0 Å². The molecule has 20 nitrogen and oxygen atoms in total. The number of hydrogen-bond acceptors (Lipinski definition) is 14. The Morgan fingerprint density at radius 2 is 1.00 bits per heavy atom. The molecule has 0 bridgehead atoms. The average molecular weight is 901 g/mol. The lowest BCUT2D eigenvalue weighted by Gasteiger charge is -2.34. The number of pyridine rings is 2. The number of hydrogen-bond donors (Lipinski definition) is 6. The third kappa shape index (κ3) is 16.5. The molecule has 0 aromatic carbocycles. The van der Waals surface area contributed by atoms with Crippen molar-refractivity contribution in [3.05, 3.63) is 48.3 Å². The lowest BCUT2D eigenvalue weighted by Crippen LogP contribution is -2.48.